The van der Waals surface area contributed by atoms with Crippen LogP contribution in [0.1, 0.15) is 39.5 Å². The standard InChI is InChI=1S/C18H24N4OS.2ClH/c19-8-7-17-21-16(13-24-17)18(23)20-11-14-3-5-15(6-4-14)12-22-9-1-2-10-22;;/h3-6,13H,1-2,7-12,19H2,(H,20,23);2*1H. The fourth-order valence-electron chi connectivity index (χ4n) is 2.89. The lowest BCUT2D eigenvalue weighted by Crippen LogP contribution is -2.23. The minimum Gasteiger partial charge on any atom is -0.347 e. The van der Waals surface area contributed by atoms with Gasteiger partial charge in [0.05, 0.1) is 5.01 Å². The Bertz CT molecular complexity index is 672. The van der Waals surface area contributed by atoms with E-state index in [9.17, 15) is 4.79 Å². The van der Waals surface area contributed by atoms with E-state index in [-0.39, 0.29) is 30.7 Å². The van der Waals surface area contributed by atoms with Crippen molar-refractivity contribution >= 4 is 42.1 Å². The minimum atomic E-state index is -0.129. The summed E-state index contributed by atoms with van der Waals surface area (Å²) in [6.45, 7) is 4.51. The van der Waals surface area contributed by atoms with Crippen LogP contribution in [0.5, 0.6) is 0 Å². The van der Waals surface area contributed by atoms with Gasteiger partial charge in [-0.15, -0.1) is 36.2 Å². The van der Waals surface area contributed by atoms with Gasteiger partial charge in [0.2, 0.25) is 0 Å². The second kappa shape index (κ2) is 11.5. The van der Waals surface area contributed by atoms with E-state index in [1.54, 1.807) is 5.38 Å². The molecule has 1 saturated heterocycles. The Hall–Kier alpha value is -1.18. The van der Waals surface area contributed by atoms with Gasteiger partial charge in [0.1, 0.15) is 5.69 Å². The molecule has 5 nitrogen and oxygen atoms in total. The molecule has 0 bridgehead atoms. The van der Waals surface area contributed by atoms with Gasteiger partial charge in [-0.25, -0.2) is 4.98 Å². The average molecular weight is 417 g/mol. The normalized spacial score (nSPS) is 13.7. The zero-order valence-corrected chi connectivity index (χ0v) is 17.1. The van der Waals surface area contributed by atoms with Gasteiger partial charge < -0.3 is 11.1 Å². The summed E-state index contributed by atoms with van der Waals surface area (Å²) in [5.41, 5.74) is 8.42. The monoisotopic (exact) mass is 416 g/mol. The maximum atomic E-state index is 12.1. The Labute approximate surface area is 171 Å². The molecule has 2 aromatic rings. The van der Waals surface area contributed by atoms with E-state index in [0.717, 1.165) is 23.5 Å². The lowest BCUT2D eigenvalue weighted by atomic mass is 10.1. The van der Waals surface area contributed by atoms with E-state index in [4.69, 9.17) is 5.73 Å². The largest absolute Gasteiger partial charge is 0.347 e. The Kier molecular flexibility index (Phi) is 10.1. The predicted molar refractivity (Wildman–Crippen MR) is 111 cm³/mol. The number of nitrogens with two attached hydrogens (primary N) is 1. The summed E-state index contributed by atoms with van der Waals surface area (Å²) in [5, 5.41) is 5.63. The Morgan fingerprint density at radius 1 is 1.15 bits per heavy atom. The summed E-state index contributed by atoms with van der Waals surface area (Å²) in [7, 11) is 0. The highest BCUT2D eigenvalue weighted by Gasteiger charge is 2.12. The first-order valence-corrected chi connectivity index (χ1v) is 9.35. The molecule has 1 amide bonds. The molecule has 0 saturated carbocycles. The second-order valence-corrected chi connectivity index (χ2v) is 7.09. The summed E-state index contributed by atoms with van der Waals surface area (Å²) < 4.78 is 0. The Morgan fingerprint density at radius 3 is 2.46 bits per heavy atom. The number of hydrogen-bond donors (Lipinski definition) is 2. The molecular formula is C18H26Cl2N4OS. The molecule has 1 aromatic heterocycles. The number of likely N-dealkylation sites (tertiary alicyclic amines) is 1. The quantitative estimate of drug-likeness (QED) is 0.727. The number of rotatable bonds is 7. The van der Waals surface area contributed by atoms with Crippen molar-refractivity contribution in [3.63, 3.8) is 0 Å². The van der Waals surface area contributed by atoms with Gasteiger partial charge in [0.25, 0.3) is 5.91 Å². The van der Waals surface area contributed by atoms with Gasteiger partial charge in [-0.1, -0.05) is 24.3 Å². The van der Waals surface area contributed by atoms with Gasteiger partial charge in [-0.2, -0.15) is 0 Å². The van der Waals surface area contributed by atoms with E-state index in [0.29, 0.717) is 18.8 Å². The molecule has 0 radical (unpaired) electrons. The van der Waals surface area contributed by atoms with Gasteiger partial charge in [0.15, 0.2) is 0 Å². The molecule has 3 rings (SSSR count). The van der Waals surface area contributed by atoms with Crippen molar-refractivity contribution in [2.75, 3.05) is 19.6 Å². The maximum absolute atomic E-state index is 12.1. The number of amides is 1. The van der Waals surface area contributed by atoms with Crippen molar-refractivity contribution in [3.05, 3.63) is 51.5 Å². The summed E-state index contributed by atoms with van der Waals surface area (Å²) in [6.07, 6.45) is 3.35. The molecule has 1 aromatic carbocycles. The molecule has 1 aliphatic rings. The first-order chi connectivity index (χ1) is 11.7. The lowest BCUT2D eigenvalue weighted by molar-refractivity contribution is 0.0946. The van der Waals surface area contributed by atoms with Crippen molar-refractivity contribution in [3.8, 4) is 0 Å². The van der Waals surface area contributed by atoms with Crippen LogP contribution in [0, 0.1) is 0 Å². The third-order valence-corrected chi connectivity index (χ3v) is 5.13. The zero-order valence-electron chi connectivity index (χ0n) is 14.6. The Morgan fingerprint density at radius 2 is 1.81 bits per heavy atom. The molecule has 26 heavy (non-hydrogen) atoms. The lowest BCUT2D eigenvalue weighted by Gasteiger charge is -2.14. The highest BCUT2D eigenvalue weighted by Crippen LogP contribution is 2.14. The number of thiazole rings is 1. The summed E-state index contributed by atoms with van der Waals surface area (Å²) in [6, 6.07) is 8.49. The summed E-state index contributed by atoms with van der Waals surface area (Å²) in [5.74, 6) is -0.129. The molecule has 8 heteroatoms. The van der Waals surface area contributed by atoms with Crippen LogP contribution < -0.4 is 11.1 Å². The van der Waals surface area contributed by atoms with Crippen LogP contribution in [-0.4, -0.2) is 35.4 Å². The number of benzene rings is 1. The molecule has 0 aliphatic carbocycles. The van der Waals surface area contributed by atoms with E-state index in [2.05, 4.69) is 39.5 Å². The van der Waals surface area contributed by atoms with Crippen molar-refractivity contribution in [1.29, 1.82) is 0 Å². The molecule has 2 heterocycles. The van der Waals surface area contributed by atoms with Crippen LogP contribution in [0.3, 0.4) is 0 Å². The molecule has 0 spiro atoms. The van der Waals surface area contributed by atoms with Crippen molar-refractivity contribution in [2.24, 2.45) is 5.73 Å². The van der Waals surface area contributed by atoms with Gasteiger partial charge >= 0.3 is 0 Å². The number of halogens is 2. The van der Waals surface area contributed by atoms with Crippen molar-refractivity contribution in [2.45, 2.75) is 32.4 Å². The molecule has 1 aliphatic heterocycles. The van der Waals surface area contributed by atoms with E-state index in [1.807, 2.05) is 0 Å². The number of hydrogen-bond acceptors (Lipinski definition) is 5. The first-order valence-electron chi connectivity index (χ1n) is 8.47. The smallest absolute Gasteiger partial charge is 0.271 e. The molecule has 144 valence electrons. The van der Waals surface area contributed by atoms with Crippen LogP contribution in [0.4, 0.5) is 0 Å². The minimum absolute atomic E-state index is 0. The number of nitrogens with one attached hydrogen (secondary N) is 1. The van der Waals surface area contributed by atoms with Crippen LogP contribution in [0.25, 0.3) is 0 Å². The van der Waals surface area contributed by atoms with Gasteiger partial charge in [-0.3, -0.25) is 9.69 Å². The fraction of sp³-hybridized carbons (Fsp3) is 0.444. The number of carbonyl (C=O) groups excluding carboxylic acids is 1. The van der Waals surface area contributed by atoms with Gasteiger partial charge in [-0.05, 0) is 43.6 Å². The molecule has 1 fully saturated rings. The third-order valence-electron chi connectivity index (χ3n) is 4.22. The fourth-order valence-corrected chi connectivity index (χ4v) is 3.68. The summed E-state index contributed by atoms with van der Waals surface area (Å²) in [4.78, 5) is 18.9. The Balaban J connectivity index is 0.00000169. The van der Waals surface area contributed by atoms with E-state index >= 15 is 0 Å². The summed E-state index contributed by atoms with van der Waals surface area (Å²) >= 11 is 1.48. The number of carbonyl (C=O) groups is 1. The second-order valence-electron chi connectivity index (χ2n) is 6.15. The van der Waals surface area contributed by atoms with Crippen LogP contribution >= 0.6 is 36.2 Å². The number of nitrogens with zero attached hydrogens (tertiary/aromatic N) is 2. The van der Waals surface area contributed by atoms with Gasteiger partial charge in [0, 0.05) is 24.9 Å². The molecular weight excluding hydrogens is 391 g/mol. The third kappa shape index (κ3) is 6.52. The predicted octanol–water partition coefficient (Wildman–Crippen LogP) is 3.01. The number of aromatic nitrogens is 1. The van der Waals surface area contributed by atoms with Crippen molar-refractivity contribution < 1.29 is 4.79 Å². The molecule has 3 N–H and O–H groups in total. The molecule has 0 unspecified atom stereocenters. The topological polar surface area (TPSA) is 71.2 Å². The molecule has 0 atom stereocenters. The highest BCUT2D eigenvalue weighted by atomic mass is 35.5. The van der Waals surface area contributed by atoms with Crippen LogP contribution in [0.2, 0.25) is 0 Å². The van der Waals surface area contributed by atoms with E-state index in [1.165, 1.54) is 42.8 Å². The van der Waals surface area contributed by atoms with Crippen molar-refractivity contribution in [1.82, 2.24) is 15.2 Å². The van der Waals surface area contributed by atoms with Crippen LogP contribution in [0.15, 0.2) is 29.6 Å². The van der Waals surface area contributed by atoms with E-state index < -0.39 is 0 Å². The maximum Gasteiger partial charge on any atom is 0.271 e. The SMILES string of the molecule is Cl.Cl.NCCc1nc(C(=O)NCc2ccc(CN3CCCC3)cc2)cs1. The average Bonchev–Trinajstić information content (AvgIpc) is 3.26. The first kappa shape index (κ1) is 22.9. The van der Waals surface area contributed by atoms with Crippen LogP contribution in [-0.2, 0) is 19.5 Å². The highest BCUT2D eigenvalue weighted by molar-refractivity contribution is 7.09. The zero-order chi connectivity index (χ0) is 16.8.